The molecule has 0 aromatic heterocycles. The molecule has 1 atom stereocenters. The first kappa shape index (κ1) is 15.0. The van der Waals surface area contributed by atoms with Crippen molar-refractivity contribution in [2.24, 2.45) is 0 Å². The number of para-hydroxylation sites is 1. The van der Waals surface area contributed by atoms with Crippen LogP contribution in [0.5, 0.6) is 11.5 Å². The van der Waals surface area contributed by atoms with E-state index in [4.69, 9.17) is 25.8 Å². The summed E-state index contributed by atoms with van der Waals surface area (Å²) in [4.78, 5) is 0. The fraction of sp³-hybridized carbons (Fsp3) is 0.647. The number of benzene rings is 1. The van der Waals surface area contributed by atoms with Crippen molar-refractivity contribution in [1.29, 1.82) is 0 Å². The van der Waals surface area contributed by atoms with E-state index >= 15 is 0 Å². The van der Waals surface area contributed by atoms with Crippen molar-refractivity contribution >= 4 is 11.6 Å². The average molecular weight is 311 g/mol. The van der Waals surface area contributed by atoms with E-state index in [1.807, 2.05) is 25.1 Å². The molecule has 116 valence electrons. The maximum absolute atomic E-state index is 6.30. The topological polar surface area (TPSA) is 27.7 Å². The molecular weight excluding hydrogens is 288 g/mol. The predicted octanol–water partition coefficient (Wildman–Crippen LogP) is 4.30. The molecule has 1 aromatic rings. The molecule has 1 spiro atoms. The van der Waals surface area contributed by atoms with Gasteiger partial charge in [0, 0.05) is 18.4 Å². The zero-order valence-corrected chi connectivity index (χ0v) is 13.3. The molecule has 4 heteroatoms. The minimum absolute atomic E-state index is 0.0879. The van der Waals surface area contributed by atoms with E-state index in [2.05, 4.69) is 0 Å². The molecule has 0 bridgehead atoms. The third kappa shape index (κ3) is 3.14. The van der Waals surface area contributed by atoms with Gasteiger partial charge in [0.2, 0.25) is 0 Å². The third-order valence-electron chi connectivity index (χ3n) is 4.50. The Hall–Kier alpha value is -0.930. The lowest BCUT2D eigenvalue weighted by atomic mass is 9.74. The Kier molecular flexibility index (Phi) is 4.60. The van der Waals surface area contributed by atoms with E-state index in [0.29, 0.717) is 12.5 Å². The van der Waals surface area contributed by atoms with E-state index in [0.717, 1.165) is 36.5 Å². The number of hydrogen-bond donors (Lipinski definition) is 0. The van der Waals surface area contributed by atoms with Gasteiger partial charge in [0.25, 0.3) is 0 Å². The summed E-state index contributed by atoms with van der Waals surface area (Å²) in [6.07, 6.45) is 5.72. The molecule has 21 heavy (non-hydrogen) atoms. The molecule has 2 aliphatic rings. The van der Waals surface area contributed by atoms with Crippen molar-refractivity contribution < 1.29 is 14.2 Å². The predicted molar refractivity (Wildman–Crippen MR) is 83.4 cm³/mol. The molecule has 1 saturated heterocycles. The van der Waals surface area contributed by atoms with Gasteiger partial charge in [0.1, 0.15) is 6.10 Å². The molecule has 1 saturated carbocycles. The van der Waals surface area contributed by atoms with Crippen LogP contribution in [0.2, 0.25) is 0 Å². The molecule has 1 aliphatic carbocycles. The Balaban J connectivity index is 1.76. The van der Waals surface area contributed by atoms with E-state index < -0.39 is 0 Å². The number of alkyl halides is 1. The van der Waals surface area contributed by atoms with Crippen LogP contribution >= 0.6 is 11.6 Å². The first-order valence-electron chi connectivity index (χ1n) is 7.87. The van der Waals surface area contributed by atoms with Crippen molar-refractivity contribution in [2.75, 3.05) is 13.2 Å². The van der Waals surface area contributed by atoms with Gasteiger partial charge < -0.3 is 14.2 Å². The summed E-state index contributed by atoms with van der Waals surface area (Å²) < 4.78 is 18.0. The molecule has 1 unspecified atom stereocenters. The SMILES string of the molecule is CCOc1cccc(CCl)c1OC1CCOC2(CCC2)C1. The molecule has 3 nitrogen and oxygen atoms in total. The van der Waals surface area contributed by atoms with Gasteiger partial charge in [0.05, 0.1) is 24.7 Å². The lowest BCUT2D eigenvalue weighted by molar-refractivity contribution is -0.153. The zero-order valence-electron chi connectivity index (χ0n) is 12.6. The summed E-state index contributed by atoms with van der Waals surface area (Å²) >= 11 is 6.06. The molecule has 1 heterocycles. The maximum atomic E-state index is 6.30. The van der Waals surface area contributed by atoms with Crippen molar-refractivity contribution in [3.63, 3.8) is 0 Å². The summed E-state index contributed by atoms with van der Waals surface area (Å²) in [6, 6.07) is 5.92. The van der Waals surface area contributed by atoms with Gasteiger partial charge in [-0.3, -0.25) is 0 Å². The minimum Gasteiger partial charge on any atom is -0.490 e. The standard InChI is InChI=1S/C17H23ClO3/c1-2-19-15-6-3-5-13(12-18)16(15)21-14-7-10-20-17(11-14)8-4-9-17/h3,5-6,14H,2,4,7-12H2,1H3. The van der Waals surface area contributed by atoms with Crippen LogP contribution in [0, 0.1) is 0 Å². The fourth-order valence-electron chi connectivity index (χ4n) is 3.24. The van der Waals surface area contributed by atoms with Gasteiger partial charge in [-0.2, -0.15) is 0 Å². The first-order chi connectivity index (χ1) is 10.3. The molecule has 0 N–H and O–H groups in total. The second kappa shape index (κ2) is 6.45. The van der Waals surface area contributed by atoms with Crippen molar-refractivity contribution in [3.05, 3.63) is 23.8 Å². The molecule has 1 aromatic carbocycles. The van der Waals surface area contributed by atoms with Crippen molar-refractivity contribution in [1.82, 2.24) is 0 Å². The van der Waals surface area contributed by atoms with Gasteiger partial charge in [-0.1, -0.05) is 12.1 Å². The first-order valence-corrected chi connectivity index (χ1v) is 8.41. The summed E-state index contributed by atoms with van der Waals surface area (Å²) in [5, 5.41) is 0. The summed E-state index contributed by atoms with van der Waals surface area (Å²) in [6.45, 7) is 3.40. The molecular formula is C17H23ClO3. The number of halogens is 1. The highest BCUT2D eigenvalue weighted by atomic mass is 35.5. The lowest BCUT2D eigenvalue weighted by Gasteiger charge is -2.47. The number of hydrogen-bond acceptors (Lipinski definition) is 3. The quantitative estimate of drug-likeness (QED) is 0.759. The monoisotopic (exact) mass is 310 g/mol. The van der Waals surface area contributed by atoms with Gasteiger partial charge >= 0.3 is 0 Å². The van der Waals surface area contributed by atoms with Crippen LogP contribution in [0.3, 0.4) is 0 Å². The Morgan fingerprint density at radius 1 is 1.38 bits per heavy atom. The minimum atomic E-state index is 0.0879. The highest BCUT2D eigenvalue weighted by Gasteiger charge is 2.43. The maximum Gasteiger partial charge on any atom is 0.165 e. The normalized spacial score (nSPS) is 23.6. The Labute approximate surface area is 131 Å². The van der Waals surface area contributed by atoms with Crippen LogP contribution in [0.4, 0.5) is 0 Å². The number of rotatable bonds is 5. The summed E-state index contributed by atoms with van der Waals surface area (Å²) in [5.41, 5.74) is 1.08. The van der Waals surface area contributed by atoms with E-state index in [1.54, 1.807) is 0 Å². The van der Waals surface area contributed by atoms with E-state index in [-0.39, 0.29) is 11.7 Å². The molecule has 2 fully saturated rings. The highest BCUT2D eigenvalue weighted by molar-refractivity contribution is 6.17. The van der Waals surface area contributed by atoms with Gasteiger partial charge in [-0.15, -0.1) is 11.6 Å². The highest BCUT2D eigenvalue weighted by Crippen LogP contribution is 2.44. The Bertz CT molecular complexity index is 485. The smallest absolute Gasteiger partial charge is 0.165 e. The fourth-order valence-corrected chi connectivity index (χ4v) is 3.45. The summed E-state index contributed by atoms with van der Waals surface area (Å²) in [7, 11) is 0. The number of ether oxygens (including phenoxy) is 3. The van der Waals surface area contributed by atoms with E-state index in [9.17, 15) is 0 Å². The summed E-state index contributed by atoms with van der Waals surface area (Å²) in [5.74, 6) is 2.05. The van der Waals surface area contributed by atoms with Crippen molar-refractivity contribution in [2.45, 2.75) is 56.6 Å². The second-order valence-corrected chi connectivity index (χ2v) is 6.20. The van der Waals surface area contributed by atoms with Gasteiger partial charge in [-0.05, 0) is 32.3 Å². The second-order valence-electron chi connectivity index (χ2n) is 5.93. The van der Waals surface area contributed by atoms with E-state index in [1.165, 1.54) is 19.3 Å². The Morgan fingerprint density at radius 3 is 2.90 bits per heavy atom. The molecule has 0 radical (unpaired) electrons. The zero-order chi connectivity index (χ0) is 14.7. The van der Waals surface area contributed by atoms with Crippen LogP contribution < -0.4 is 9.47 Å². The van der Waals surface area contributed by atoms with Gasteiger partial charge in [0.15, 0.2) is 11.5 Å². The van der Waals surface area contributed by atoms with Crippen LogP contribution in [0.1, 0.15) is 44.6 Å². The van der Waals surface area contributed by atoms with Crippen LogP contribution in [-0.4, -0.2) is 24.9 Å². The van der Waals surface area contributed by atoms with Crippen molar-refractivity contribution in [3.8, 4) is 11.5 Å². The molecule has 0 amide bonds. The third-order valence-corrected chi connectivity index (χ3v) is 4.79. The molecule has 1 aliphatic heterocycles. The molecule has 3 rings (SSSR count). The van der Waals surface area contributed by atoms with Crippen LogP contribution in [-0.2, 0) is 10.6 Å². The van der Waals surface area contributed by atoms with Crippen LogP contribution in [0.15, 0.2) is 18.2 Å². The average Bonchev–Trinajstić information content (AvgIpc) is 2.48. The Morgan fingerprint density at radius 2 is 2.24 bits per heavy atom. The lowest BCUT2D eigenvalue weighted by Crippen LogP contribution is -2.48. The largest absolute Gasteiger partial charge is 0.490 e. The van der Waals surface area contributed by atoms with Crippen LogP contribution in [0.25, 0.3) is 0 Å². The van der Waals surface area contributed by atoms with Gasteiger partial charge in [-0.25, -0.2) is 0 Å².